The lowest BCUT2D eigenvalue weighted by Crippen LogP contribution is -2.01. The van der Waals surface area contributed by atoms with Crippen molar-refractivity contribution < 1.29 is 0 Å². The molecule has 0 atom stereocenters. The number of hydrogen-bond acceptors (Lipinski definition) is 2. The Morgan fingerprint density at radius 2 is 2.27 bits per heavy atom. The van der Waals surface area contributed by atoms with Crippen LogP contribution in [0.4, 0.5) is 0 Å². The lowest BCUT2D eigenvalue weighted by atomic mass is 10.2. The Hall–Kier alpha value is -0.870. The molecule has 15 heavy (non-hydrogen) atoms. The molecule has 1 aromatic carbocycles. The Morgan fingerprint density at radius 1 is 1.47 bits per heavy atom. The van der Waals surface area contributed by atoms with Crippen molar-refractivity contribution in [1.29, 1.82) is 0 Å². The molecule has 0 saturated heterocycles. The summed E-state index contributed by atoms with van der Waals surface area (Å²) in [5, 5.41) is 9.25. The molecule has 1 aromatic heterocycles. The van der Waals surface area contributed by atoms with E-state index < -0.39 is 0 Å². The van der Waals surface area contributed by atoms with Crippen molar-refractivity contribution in [2.75, 3.05) is 0 Å². The van der Waals surface area contributed by atoms with E-state index in [1.807, 2.05) is 25.1 Å². The van der Waals surface area contributed by atoms with Gasteiger partial charge in [-0.2, -0.15) is 0 Å². The smallest absolute Gasteiger partial charge is 0.0855 e. The van der Waals surface area contributed by atoms with Crippen molar-refractivity contribution in [2.24, 2.45) is 0 Å². The maximum Gasteiger partial charge on any atom is 0.0855 e. The fourth-order valence-corrected chi connectivity index (χ4v) is 1.92. The molecule has 0 amide bonds. The summed E-state index contributed by atoms with van der Waals surface area (Å²) in [6.07, 6.45) is 1.72. The molecule has 0 unspecified atom stereocenters. The van der Waals surface area contributed by atoms with Crippen LogP contribution in [0.15, 0.2) is 24.4 Å². The van der Waals surface area contributed by atoms with Gasteiger partial charge in [0.05, 0.1) is 22.6 Å². The summed E-state index contributed by atoms with van der Waals surface area (Å²) in [6.45, 7) is 2.02. The van der Waals surface area contributed by atoms with Crippen molar-refractivity contribution in [2.45, 2.75) is 12.3 Å². The van der Waals surface area contributed by atoms with Gasteiger partial charge in [0, 0.05) is 5.33 Å². The molecule has 2 aromatic rings. The van der Waals surface area contributed by atoms with Crippen molar-refractivity contribution in [3.63, 3.8) is 0 Å². The molecule has 0 aliphatic carbocycles. The van der Waals surface area contributed by atoms with Gasteiger partial charge in [-0.15, -0.1) is 5.10 Å². The van der Waals surface area contributed by atoms with Crippen LogP contribution in [0, 0.1) is 6.92 Å². The molecule has 0 aliphatic rings. The third-order valence-corrected chi connectivity index (χ3v) is 2.98. The molecule has 0 saturated carbocycles. The molecule has 1 heterocycles. The molecule has 78 valence electrons. The zero-order valence-electron chi connectivity index (χ0n) is 8.11. The minimum absolute atomic E-state index is 0.674. The number of alkyl halides is 1. The summed E-state index contributed by atoms with van der Waals surface area (Å²) < 4.78 is 1.74. The summed E-state index contributed by atoms with van der Waals surface area (Å²) in [4.78, 5) is 0. The van der Waals surface area contributed by atoms with Crippen LogP contribution < -0.4 is 0 Å². The van der Waals surface area contributed by atoms with E-state index in [9.17, 15) is 0 Å². The predicted molar refractivity (Wildman–Crippen MR) is 63.7 cm³/mol. The lowest BCUT2D eigenvalue weighted by molar-refractivity contribution is 0.782. The van der Waals surface area contributed by atoms with Crippen molar-refractivity contribution in [3.8, 4) is 5.69 Å². The van der Waals surface area contributed by atoms with Crippen LogP contribution in [-0.4, -0.2) is 15.0 Å². The van der Waals surface area contributed by atoms with Crippen LogP contribution in [0.25, 0.3) is 5.69 Å². The second-order valence-electron chi connectivity index (χ2n) is 3.23. The number of hydrogen-bond donors (Lipinski definition) is 0. The topological polar surface area (TPSA) is 30.7 Å². The minimum Gasteiger partial charge on any atom is -0.215 e. The zero-order valence-corrected chi connectivity index (χ0v) is 10.5. The number of rotatable bonds is 2. The van der Waals surface area contributed by atoms with Gasteiger partial charge in [0.1, 0.15) is 0 Å². The fourth-order valence-electron chi connectivity index (χ4n) is 1.34. The number of nitrogens with zero attached hydrogens (tertiary/aromatic N) is 3. The van der Waals surface area contributed by atoms with Crippen LogP contribution in [0.3, 0.4) is 0 Å². The maximum atomic E-state index is 6.11. The van der Waals surface area contributed by atoms with Gasteiger partial charge in [0.25, 0.3) is 0 Å². The molecule has 3 nitrogen and oxygen atoms in total. The van der Waals surface area contributed by atoms with Crippen LogP contribution in [0.2, 0.25) is 5.02 Å². The molecular formula is C10H9BrClN3. The van der Waals surface area contributed by atoms with Gasteiger partial charge in [-0.25, -0.2) is 4.68 Å². The second kappa shape index (κ2) is 4.33. The predicted octanol–water partition coefficient (Wildman–Crippen LogP) is 3.12. The first-order valence-electron chi connectivity index (χ1n) is 4.44. The first kappa shape index (κ1) is 10.6. The number of benzene rings is 1. The van der Waals surface area contributed by atoms with E-state index in [1.54, 1.807) is 10.9 Å². The lowest BCUT2D eigenvalue weighted by Gasteiger charge is -2.07. The molecule has 0 N–H and O–H groups in total. The largest absolute Gasteiger partial charge is 0.215 e. The van der Waals surface area contributed by atoms with E-state index >= 15 is 0 Å². The summed E-state index contributed by atoms with van der Waals surface area (Å²) in [6, 6.07) is 5.83. The average Bonchev–Trinajstić information content (AvgIpc) is 2.69. The van der Waals surface area contributed by atoms with E-state index in [-0.39, 0.29) is 0 Å². The van der Waals surface area contributed by atoms with Crippen molar-refractivity contribution in [3.05, 3.63) is 40.7 Å². The van der Waals surface area contributed by atoms with Crippen LogP contribution in [0.5, 0.6) is 0 Å². The highest BCUT2D eigenvalue weighted by Crippen LogP contribution is 2.22. The summed E-state index contributed by atoms with van der Waals surface area (Å²) >= 11 is 9.50. The highest BCUT2D eigenvalue weighted by molar-refractivity contribution is 9.08. The Balaban J connectivity index is 2.58. The van der Waals surface area contributed by atoms with Gasteiger partial charge in [0.2, 0.25) is 0 Å². The van der Waals surface area contributed by atoms with Crippen molar-refractivity contribution in [1.82, 2.24) is 15.0 Å². The number of aromatic nitrogens is 3. The minimum atomic E-state index is 0.674. The van der Waals surface area contributed by atoms with E-state index in [4.69, 9.17) is 11.6 Å². The van der Waals surface area contributed by atoms with Gasteiger partial charge in [0.15, 0.2) is 0 Å². The van der Waals surface area contributed by atoms with Gasteiger partial charge in [-0.1, -0.05) is 38.8 Å². The average molecular weight is 287 g/mol. The molecule has 0 radical (unpaired) electrons. The summed E-state index contributed by atoms with van der Waals surface area (Å²) in [5.41, 5.74) is 2.98. The van der Waals surface area contributed by atoms with Crippen LogP contribution >= 0.6 is 27.5 Å². The van der Waals surface area contributed by atoms with Gasteiger partial charge in [-0.3, -0.25) is 0 Å². The number of aryl methyl sites for hydroxylation is 1. The highest BCUT2D eigenvalue weighted by Gasteiger charge is 2.08. The third kappa shape index (κ3) is 2.06. The fraction of sp³-hybridized carbons (Fsp3) is 0.200. The monoisotopic (exact) mass is 285 g/mol. The molecule has 0 fully saturated rings. The first-order chi connectivity index (χ1) is 7.22. The standard InChI is InChI=1S/C10H9BrClN3/c1-7-2-3-9(12)10(4-7)15-8(5-11)6-13-14-15/h2-4,6H,5H2,1H3. The third-order valence-electron chi connectivity index (χ3n) is 2.09. The Bertz CT molecular complexity index is 481. The van der Waals surface area contributed by atoms with E-state index in [0.29, 0.717) is 10.4 Å². The SMILES string of the molecule is Cc1ccc(Cl)c(-n2nncc2CBr)c1. The maximum absolute atomic E-state index is 6.11. The summed E-state index contributed by atoms with van der Waals surface area (Å²) in [7, 11) is 0. The zero-order chi connectivity index (χ0) is 10.8. The Kier molecular flexibility index (Phi) is 3.07. The van der Waals surface area contributed by atoms with Gasteiger partial charge in [-0.05, 0) is 24.6 Å². The van der Waals surface area contributed by atoms with E-state index in [0.717, 1.165) is 16.9 Å². The molecule has 0 bridgehead atoms. The van der Waals surface area contributed by atoms with Gasteiger partial charge < -0.3 is 0 Å². The summed E-state index contributed by atoms with van der Waals surface area (Å²) in [5.74, 6) is 0. The molecule has 0 aliphatic heterocycles. The number of halogens is 2. The van der Waals surface area contributed by atoms with Crippen LogP contribution in [0.1, 0.15) is 11.3 Å². The Morgan fingerprint density at radius 3 is 3.00 bits per heavy atom. The molecule has 0 spiro atoms. The second-order valence-corrected chi connectivity index (χ2v) is 4.19. The van der Waals surface area contributed by atoms with E-state index in [1.165, 1.54) is 0 Å². The normalized spacial score (nSPS) is 10.6. The van der Waals surface area contributed by atoms with Crippen molar-refractivity contribution >= 4 is 27.5 Å². The quantitative estimate of drug-likeness (QED) is 0.794. The molecule has 5 heteroatoms. The Labute approximate surface area is 101 Å². The highest BCUT2D eigenvalue weighted by atomic mass is 79.9. The van der Waals surface area contributed by atoms with E-state index in [2.05, 4.69) is 26.2 Å². The molecule has 2 rings (SSSR count). The first-order valence-corrected chi connectivity index (χ1v) is 5.94. The van der Waals surface area contributed by atoms with Crippen LogP contribution in [-0.2, 0) is 5.33 Å². The van der Waals surface area contributed by atoms with Gasteiger partial charge >= 0.3 is 0 Å². The molecular weight excluding hydrogens is 277 g/mol.